The number of aromatic nitrogens is 1. The Hall–Kier alpha value is -2.73. The average molecular weight is 382 g/mol. The highest BCUT2D eigenvalue weighted by Gasteiger charge is 2.12. The van der Waals surface area contributed by atoms with Gasteiger partial charge in [0.05, 0.1) is 23.7 Å². The Balaban J connectivity index is 2.03. The number of rotatable bonds is 4. The van der Waals surface area contributed by atoms with Gasteiger partial charge in [-0.25, -0.2) is 0 Å². The second-order valence-corrected chi connectivity index (χ2v) is 7.64. The molecule has 0 fully saturated rings. The minimum absolute atomic E-state index is 0.0230. The van der Waals surface area contributed by atoms with Crippen molar-refractivity contribution in [2.45, 2.75) is 33.7 Å². The van der Waals surface area contributed by atoms with Crippen molar-refractivity contribution in [1.82, 2.24) is 4.57 Å². The van der Waals surface area contributed by atoms with Crippen molar-refractivity contribution >= 4 is 33.4 Å². The number of ether oxygens (including phenoxy) is 1. The molecule has 1 amide bonds. The van der Waals surface area contributed by atoms with Crippen molar-refractivity contribution in [3.63, 3.8) is 0 Å². The van der Waals surface area contributed by atoms with Gasteiger partial charge in [-0.05, 0) is 49.6 Å². The van der Waals surface area contributed by atoms with Gasteiger partial charge < -0.3 is 9.30 Å². The van der Waals surface area contributed by atoms with Crippen molar-refractivity contribution in [2.24, 2.45) is 4.99 Å². The van der Waals surface area contributed by atoms with Gasteiger partial charge in [0, 0.05) is 0 Å². The number of carbonyl (C=O) groups is 2. The van der Waals surface area contributed by atoms with Crippen LogP contribution >= 0.6 is 11.3 Å². The van der Waals surface area contributed by atoms with Crippen LogP contribution in [0.4, 0.5) is 0 Å². The molecule has 140 valence electrons. The molecule has 0 aliphatic rings. The topological polar surface area (TPSA) is 60.7 Å². The molecule has 0 saturated heterocycles. The quantitative estimate of drug-likeness (QED) is 0.649. The Morgan fingerprint density at radius 3 is 2.52 bits per heavy atom. The normalized spacial score (nSPS) is 11.8. The zero-order valence-electron chi connectivity index (χ0n) is 15.9. The van der Waals surface area contributed by atoms with Crippen molar-refractivity contribution in [3.05, 3.63) is 63.5 Å². The number of nitrogens with zero attached hydrogens (tertiary/aromatic N) is 2. The monoisotopic (exact) mass is 382 g/mol. The zero-order valence-corrected chi connectivity index (χ0v) is 16.7. The molecule has 1 heterocycles. The molecule has 0 spiro atoms. The maximum absolute atomic E-state index is 12.6. The maximum atomic E-state index is 12.6. The molecule has 0 atom stereocenters. The molecule has 2 aromatic carbocycles. The molecular formula is C21H22N2O3S. The van der Waals surface area contributed by atoms with Gasteiger partial charge in [-0.1, -0.05) is 41.2 Å². The lowest BCUT2D eigenvalue weighted by Crippen LogP contribution is -2.22. The largest absolute Gasteiger partial charge is 0.468 e. The Labute approximate surface area is 161 Å². The van der Waals surface area contributed by atoms with Crippen LogP contribution in [-0.2, 0) is 27.3 Å². The molecule has 0 saturated carbocycles. The molecule has 3 aromatic rings. The first kappa shape index (κ1) is 19.0. The number of carbonyl (C=O) groups excluding carboxylic acids is 2. The molecule has 27 heavy (non-hydrogen) atoms. The van der Waals surface area contributed by atoms with Crippen LogP contribution in [0, 0.1) is 20.8 Å². The predicted octanol–water partition coefficient (Wildman–Crippen LogP) is 3.47. The van der Waals surface area contributed by atoms with E-state index in [1.54, 1.807) is 4.57 Å². The number of hydrogen-bond donors (Lipinski definition) is 0. The lowest BCUT2D eigenvalue weighted by atomic mass is 10.0. The molecule has 0 aliphatic heterocycles. The van der Waals surface area contributed by atoms with Gasteiger partial charge in [-0.3, -0.25) is 9.59 Å². The predicted molar refractivity (Wildman–Crippen MR) is 107 cm³/mol. The van der Waals surface area contributed by atoms with Gasteiger partial charge in [0.15, 0.2) is 4.80 Å². The standard InChI is InChI=1S/C21H22N2O3S/c1-13-5-7-15(3)16(9-13)11-19(24)22-21-23(12-20(25)26-4)17-8-6-14(2)10-18(17)27-21/h5-10H,11-12H2,1-4H3. The third-order valence-electron chi connectivity index (χ3n) is 4.42. The summed E-state index contributed by atoms with van der Waals surface area (Å²) in [5.41, 5.74) is 5.14. The van der Waals surface area contributed by atoms with E-state index in [9.17, 15) is 9.59 Å². The summed E-state index contributed by atoms with van der Waals surface area (Å²) in [5.74, 6) is -0.607. The smallest absolute Gasteiger partial charge is 0.325 e. The minimum Gasteiger partial charge on any atom is -0.468 e. The number of amides is 1. The number of methoxy groups -OCH3 is 1. The number of aryl methyl sites for hydroxylation is 3. The summed E-state index contributed by atoms with van der Waals surface area (Å²) in [6, 6.07) is 12.0. The van der Waals surface area contributed by atoms with E-state index < -0.39 is 0 Å². The highest BCUT2D eigenvalue weighted by atomic mass is 32.1. The van der Waals surface area contributed by atoms with E-state index in [1.165, 1.54) is 18.4 Å². The SMILES string of the molecule is COC(=O)Cn1c(=NC(=O)Cc2cc(C)ccc2C)sc2cc(C)ccc21. The highest BCUT2D eigenvalue weighted by molar-refractivity contribution is 7.16. The maximum Gasteiger partial charge on any atom is 0.325 e. The number of esters is 1. The zero-order chi connectivity index (χ0) is 19.6. The fourth-order valence-electron chi connectivity index (χ4n) is 2.91. The first-order valence-corrected chi connectivity index (χ1v) is 9.49. The molecule has 5 nitrogen and oxygen atoms in total. The Morgan fingerprint density at radius 2 is 1.78 bits per heavy atom. The highest BCUT2D eigenvalue weighted by Crippen LogP contribution is 2.19. The molecule has 0 unspecified atom stereocenters. The summed E-state index contributed by atoms with van der Waals surface area (Å²) in [4.78, 5) is 29.3. The van der Waals surface area contributed by atoms with Crippen LogP contribution in [0.3, 0.4) is 0 Å². The summed E-state index contributed by atoms with van der Waals surface area (Å²) in [5, 5.41) is 0. The molecule has 0 aliphatic carbocycles. The third kappa shape index (κ3) is 4.34. The van der Waals surface area contributed by atoms with Gasteiger partial charge >= 0.3 is 5.97 Å². The van der Waals surface area contributed by atoms with Crippen LogP contribution in [-0.4, -0.2) is 23.6 Å². The first-order chi connectivity index (χ1) is 12.9. The van der Waals surface area contributed by atoms with E-state index >= 15 is 0 Å². The molecule has 3 rings (SSSR count). The number of fused-ring (bicyclic) bond motifs is 1. The lowest BCUT2D eigenvalue weighted by Gasteiger charge is -2.05. The number of thiazole rings is 1. The second kappa shape index (κ2) is 7.88. The Morgan fingerprint density at radius 1 is 1.07 bits per heavy atom. The summed E-state index contributed by atoms with van der Waals surface area (Å²) < 4.78 is 7.52. The van der Waals surface area contributed by atoms with Crippen molar-refractivity contribution < 1.29 is 14.3 Å². The van der Waals surface area contributed by atoms with Gasteiger partial charge in [-0.15, -0.1) is 0 Å². The summed E-state index contributed by atoms with van der Waals surface area (Å²) in [7, 11) is 1.35. The van der Waals surface area contributed by atoms with E-state index in [0.29, 0.717) is 4.80 Å². The number of hydrogen-bond acceptors (Lipinski definition) is 4. The minimum atomic E-state index is -0.376. The summed E-state index contributed by atoms with van der Waals surface area (Å²) >= 11 is 1.40. The first-order valence-electron chi connectivity index (χ1n) is 8.68. The van der Waals surface area contributed by atoms with Crippen LogP contribution in [0.1, 0.15) is 22.3 Å². The van der Waals surface area contributed by atoms with Gasteiger partial charge in [0.2, 0.25) is 0 Å². The van der Waals surface area contributed by atoms with E-state index in [2.05, 4.69) is 4.99 Å². The number of benzene rings is 2. The Kier molecular flexibility index (Phi) is 5.56. The fraction of sp³-hybridized carbons (Fsp3) is 0.286. The molecule has 1 aromatic heterocycles. The van der Waals surface area contributed by atoms with Crippen LogP contribution in [0.25, 0.3) is 10.2 Å². The van der Waals surface area contributed by atoms with Crippen molar-refractivity contribution in [3.8, 4) is 0 Å². The van der Waals surface area contributed by atoms with Crippen LogP contribution < -0.4 is 4.80 Å². The van der Waals surface area contributed by atoms with Crippen LogP contribution in [0.15, 0.2) is 41.4 Å². The molecule has 0 bridgehead atoms. The molecular weight excluding hydrogens is 360 g/mol. The van der Waals surface area contributed by atoms with E-state index in [1.807, 2.05) is 57.2 Å². The van der Waals surface area contributed by atoms with Crippen molar-refractivity contribution in [1.29, 1.82) is 0 Å². The van der Waals surface area contributed by atoms with Crippen LogP contribution in [0.2, 0.25) is 0 Å². The van der Waals surface area contributed by atoms with E-state index in [-0.39, 0.29) is 24.8 Å². The van der Waals surface area contributed by atoms with Gasteiger partial charge in [0.1, 0.15) is 6.54 Å². The van der Waals surface area contributed by atoms with Crippen LogP contribution in [0.5, 0.6) is 0 Å². The fourth-order valence-corrected chi connectivity index (χ4v) is 4.06. The Bertz CT molecular complexity index is 1090. The third-order valence-corrected chi connectivity index (χ3v) is 5.46. The molecule has 0 radical (unpaired) electrons. The van der Waals surface area contributed by atoms with E-state index in [0.717, 1.165) is 32.5 Å². The lowest BCUT2D eigenvalue weighted by molar-refractivity contribution is -0.141. The summed E-state index contributed by atoms with van der Waals surface area (Å²) in [6.07, 6.45) is 0.235. The summed E-state index contributed by atoms with van der Waals surface area (Å²) in [6.45, 7) is 6.02. The average Bonchev–Trinajstić information content (AvgIpc) is 2.94. The second-order valence-electron chi connectivity index (χ2n) is 6.63. The van der Waals surface area contributed by atoms with Crippen molar-refractivity contribution in [2.75, 3.05) is 7.11 Å². The molecule has 6 heteroatoms. The van der Waals surface area contributed by atoms with Gasteiger partial charge in [-0.2, -0.15) is 4.99 Å². The van der Waals surface area contributed by atoms with Gasteiger partial charge in [0.25, 0.3) is 5.91 Å². The molecule has 0 N–H and O–H groups in total. The van der Waals surface area contributed by atoms with E-state index in [4.69, 9.17) is 4.74 Å².